The van der Waals surface area contributed by atoms with Crippen LogP contribution in [-0.4, -0.2) is 27.6 Å². The first-order valence-electron chi connectivity index (χ1n) is 10.2. The molecule has 3 aromatic rings. The van der Waals surface area contributed by atoms with Crippen molar-refractivity contribution in [1.29, 1.82) is 0 Å². The second kappa shape index (κ2) is 9.55. The van der Waals surface area contributed by atoms with Crippen LogP contribution in [-0.2, 0) is 11.3 Å². The summed E-state index contributed by atoms with van der Waals surface area (Å²) < 4.78 is 15.0. The Morgan fingerprint density at radius 2 is 1.68 bits per heavy atom. The Balaban J connectivity index is 1.70. The first-order valence-corrected chi connectivity index (χ1v) is 10.2. The van der Waals surface area contributed by atoms with Crippen LogP contribution in [0.4, 0.5) is 4.39 Å². The first-order chi connectivity index (χ1) is 14.8. The fraction of sp³-hybridized carbons (Fsp3) is 0.292. The fourth-order valence-electron chi connectivity index (χ4n) is 3.40. The van der Waals surface area contributed by atoms with E-state index in [9.17, 15) is 14.0 Å². The SMILES string of the molecule is Cc1nn(-c2ccccc2)c(C)c1CNC(=O)[C@@H](NC(=O)c1ccc(F)cc1)C(C)C. The monoisotopic (exact) mass is 422 g/mol. The molecule has 2 amide bonds. The van der Waals surface area contributed by atoms with E-state index in [4.69, 9.17) is 0 Å². The van der Waals surface area contributed by atoms with Crippen LogP contribution >= 0.6 is 0 Å². The molecular formula is C24H27FN4O2. The van der Waals surface area contributed by atoms with Gasteiger partial charge >= 0.3 is 0 Å². The predicted octanol–water partition coefficient (Wildman–Crippen LogP) is 3.70. The Morgan fingerprint density at radius 1 is 1.03 bits per heavy atom. The fourth-order valence-corrected chi connectivity index (χ4v) is 3.40. The lowest BCUT2D eigenvalue weighted by Crippen LogP contribution is -2.49. The molecule has 1 heterocycles. The van der Waals surface area contributed by atoms with Crippen LogP contribution in [0.5, 0.6) is 0 Å². The zero-order valence-corrected chi connectivity index (χ0v) is 18.1. The van der Waals surface area contributed by atoms with Gasteiger partial charge in [-0.25, -0.2) is 9.07 Å². The largest absolute Gasteiger partial charge is 0.350 e. The lowest BCUT2D eigenvalue weighted by Gasteiger charge is -2.22. The van der Waals surface area contributed by atoms with E-state index in [1.165, 1.54) is 24.3 Å². The van der Waals surface area contributed by atoms with E-state index in [0.717, 1.165) is 22.6 Å². The highest BCUT2D eigenvalue weighted by atomic mass is 19.1. The summed E-state index contributed by atoms with van der Waals surface area (Å²) in [6, 6.07) is 14.3. The number of halogens is 1. The molecule has 0 aliphatic rings. The van der Waals surface area contributed by atoms with Gasteiger partial charge in [0.05, 0.1) is 11.4 Å². The number of carbonyl (C=O) groups is 2. The minimum atomic E-state index is -0.720. The summed E-state index contributed by atoms with van der Waals surface area (Å²) in [7, 11) is 0. The third-order valence-corrected chi connectivity index (χ3v) is 5.22. The molecule has 1 atom stereocenters. The molecule has 7 heteroatoms. The van der Waals surface area contributed by atoms with Crippen LogP contribution in [0.2, 0.25) is 0 Å². The molecule has 31 heavy (non-hydrogen) atoms. The zero-order chi connectivity index (χ0) is 22.5. The van der Waals surface area contributed by atoms with Gasteiger partial charge in [-0.05, 0) is 56.2 Å². The summed E-state index contributed by atoms with van der Waals surface area (Å²) >= 11 is 0. The van der Waals surface area contributed by atoms with Gasteiger partial charge < -0.3 is 10.6 Å². The van der Waals surface area contributed by atoms with Crippen molar-refractivity contribution < 1.29 is 14.0 Å². The van der Waals surface area contributed by atoms with Crippen LogP contribution in [0.1, 0.15) is 41.2 Å². The number of para-hydroxylation sites is 1. The van der Waals surface area contributed by atoms with Crippen molar-refractivity contribution in [3.63, 3.8) is 0 Å². The van der Waals surface area contributed by atoms with Gasteiger partial charge in [0.15, 0.2) is 0 Å². The Labute approximate surface area is 181 Å². The van der Waals surface area contributed by atoms with Crippen molar-refractivity contribution in [2.45, 2.75) is 40.3 Å². The van der Waals surface area contributed by atoms with Gasteiger partial charge in [0.2, 0.25) is 5.91 Å². The smallest absolute Gasteiger partial charge is 0.251 e. The molecule has 1 aromatic heterocycles. The Bertz CT molecular complexity index is 1060. The summed E-state index contributed by atoms with van der Waals surface area (Å²) in [5.74, 6) is -1.25. The summed E-state index contributed by atoms with van der Waals surface area (Å²) in [6.45, 7) is 7.89. The second-order valence-corrected chi connectivity index (χ2v) is 7.82. The van der Waals surface area contributed by atoms with Gasteiger partial charge in [0, 0.05) is 23.4 Å². The van der Waals surface area contributed by atoms with Crippen molar-refractivity contribution in [1.82, 2.24) is 20.4 Å². The molecular weight excluding hydrogens is 395 g/mol. The maximum atomic E-state index is 13.1. The highest BCUT2D eigenvalue weighted by Gasteiger charge is 2.25. The summed E-state index contributed by atoms with van der Waals surface area (Å²) in [5, 5.41) is 10.3. The van der Waals surface area contributed by atoms with Crippen molar-refractivity contribution in [3.8, 4) is 5.69 Å². The molecule has 6 nitrogen and oxygen atoms in total. The number of amides is 2. The maximum Gasteiger partial charge on any atom is 0.251 e. The quantitative estimate of drug-likeness (QED) is 0.610. The zero-order valence-electron chi connectivity index (χ0n) is 18.1. The molecule has 3 rings (SSSR count). The average molecular weight is 423 g/mol. The molecule has 0 saturated heterocycles. The number of hydrogen-bond donors (Lipinski definition) is 2. The van der Waals surface area contributed by atoms with Crippen molar-refractivity contribution in [3.05, 3.63) is 82.9 Å². The Morgan fingerprint density at radius 3 is 2.29 bits per heavy atom. The number of nitrogens with one attached hydrogen (secondary N) is 2. The van der Waals surface area contributed by atoms with Crippen molar-refractivity contribution in [2.75, 3.05) is 0 Å². The van der Waals surface area contributed by atoms with E-state index < -0.39 is 17.8 Å². The minimum absolute atomic E-state index is 0.126. The molecule has 0 radical (unpaired) electrons. The molecule has 2 aromatic carbocycles. The maximum absolute atomic E-state index is 13.1. The second-order valence-electron chi connectivity index (χ2n) is 7.82. The van der Waals surface area contributed by atoms with Crippen molar-refractivity contribution in [2.24, 2.45) is 5.92 Å². The molecule has 162 valence electrons. The number of hydrogen-bond acceptors (Lipinski definition) is 3. The van der Waals surface area contributed by atoms with Crippen LogP contribution in [0, 0.1) is 25.6 Å². The normalized spacial score (nSPS) is 11.9. The van der Waals surface area contributed by atoms with E-state index >= 15 is 0 Å². The summed E-state index contributed by atoms with van der Waals surface area (Å²) in [6.07, 6.45) is 0. The molecule has 0 fully saturated rings. The Hall–Kier alpha value is -3.48. The van der Waals surface area contributed by atoms with Crippen molar-refractivity contribution >= 4 is 11.8 Å². The number of aryl methyl sites for hydroxylation is 1. The van der Waals surface area contributed by atoms with Gasteiger partial charge in [-0.3, -0.25) is 9.59 Å². The molecule has 0 saturated carbocycles. The minimum Gasteiger partial charge on any atom is -0.350 e. The molecule has 2 N–H and O–H groups in total. The number of benzene rings is 2. The molecule has 0 unspecified atom stereocenters. The highest BCUT2D eigenvalue weighted by molar-refractivity contribution is 5.97. The van der Waals surface area contributed by atoms with E-state index in [1.54, 1.807) is 0 Å². The number of aromatic nitrogens is 2. The van der Waals surface area contributed by atoms with E-state index in [2.05, 4.69) is 15.7 Å². The van der Waals surface area contributed by atoms with Crippen LogP contribution in [0.25, 0.3) is 5.69 Å². The summed E-state index contributed by atoms with van der Waals surface area (Å²) in [5.41, 5.74) is 3.96. The topological polar surface area (TPSA) is 76.0 Å². The highest BCUT2D eigenvalue weighted by Crippen LogP contribution is 2.18. The molecule has 0 aliphatic heterocycles. The first kappa shape index (κ1) is 22.2. The van der Waals surface area contributed by atoms with Gasteiger partial charge in [0.1, 0.15) is 11.9 Å². The number of rotatable bonds is 7. The molecule has 0 aliphatic carbocycles. The molecule has 0 spiro atoms. The third kappa shape index (κ3) is 5.17. The lowest BCUT2D eigenvalue weighted by atomic mass is 10.0. The van der Waals surface area contributed by atoms with E-state index in [1.807, 2.05) is 62.7 Å². The van der Waals surface area contributed by atoms with E-state index in [0.29, 0.717) is 12.1 Å². The molecule has 0 bridgehead atoms. The van der Waals surface area contributed by atoms with Crippen LogP contribution in [0.15, 0.2) is 54.6 Å². The van der Waals surface area contributed by atoms with E-state index in [-0.39, 0.29) is 11.8 Å². The van der Waals surface area contributed by atoms with Crippen LogP contribution in [0.3, 0.4) is 0 Å². The number of carbonyl (C=O) groups excluding carboxylic acids is 2. The average Bonchev–Trinajstić information content (AvgIpc) is 3.04. The predicted molar refractivity (Wildman–Crippen MR) is 117 cm³/mol. The van der Waals surface area contributed by atoms with Gasteiger partial charge in [-0.15, -0.1) is 0 Å². The standard InChI is InChI=1S/C24H27FN4O2/c1-15(2)22(27-23(30)18-10-12-19(25)13-11-18)24(31)26-14-21-16(3)28-29(17(21)4)20-8-6-5-7-9-20/h5-13,15,22H,14H2,1-4H3,(H,26,31)(H,27,30)/t22-/m0/s1. The lowest BCUT2D eigenvalue weighted by molar-refractivity contribution is -0.124. The summed E-state index contributed by atoms with van der Waals surface area (Å²) in [4.78, 5) is 25.4. The van der Waals surface area contributed by atoms with Crippen LogP contribution < -0.4 is 10.6 Å². The van der Waals surface area contributed by atoms with Gasteiger partial charge in [-0.1, -0.05) is 32.0 Å². The van der Waals surface area contributed by atoms with Gasteiger partial charge in [0.25, 0.3) is 5.91 Å². The number of nitrogens with zero attached hydrogens (tertiary/aromatic N) is 2. The van der Waals surface area contributed by atoms with Gasteiger partial charge in [-0.2, -0.15) is 5.10 Å². The Kier molecular flexibility index (Phi) is 6.84. The third-order valence-electron chi connectivity index (χ3n) is 5.22.